The Morgan fingerprint density at radius 1 is 0.875 bits per heavy atom. The third kappa shape index (κ3) is 9.13. The molecule has 3 aromatic carbocycles. The molecule has 3 rings (SSSR count). The maximum atomic E-state index is 14.1. The van der Waals surface area contributed by atoms with E-state index in [1.54, 1.807) is 24.3 Å². The second-order valence-electron chi connectivity index (χ2n) is 10.5. The first-order chi connectivity index (χ1) is 18.6. The number of hydrogen-bond donors (Lipinski definition) is 1. The molecule has 40 heavy (non-hydrogen) atoms. The molecule has 7 nitrogen and oxygen atoms in total. The number of carbonyl (C=O) groups excluding carboxylic acids is 2. The van der Waals surface area contributed by atoms with Crippen LogP contribution in [0.3, 0.4) is 0 Å². The number of carbonyl (C=O) groups is 2. The van der Waals surface area contributed by atoms with E-state index in [-0.39, 0.29) is 29.6 Å². The van der Waals surface area contributed by atoms with Crippen molar-refractivity contribution in [3.05, 3.63) is 99.0 Å². The molecule has 0 aromatic heterocycles. The summed E-state index contributed by atoms with van der Waals surface area (Å²) in [7, 11) is -3.95. The van der Waals surface area contributed by atoms with Crippen LogP contribution in [0.25, 0.3) is 0 Å². The van der Waals surface area contributed by atoms with Crippen molar-refractivity contribution in [2.75, 3.05) is 17.1 Å². The molecule has 0 heterocycles. The van der Waals surface area contributed by atoms with Gasteiger partial charge in [-0.25, -0.2) is 8.42 Å². The van der Waals surface area contributed by atoms with E-state index < -0.39 is 34.1 Å². The summed E-state index contributed by atoms with van der Waals surface area (Å²) in [6.45, 7) is 5.01. The van der Waals surface area contributed by atoms with Crippen LogP contribution in [-0.2, 0) is 32.6 Å². The normalized spacial score (nSPS) is 12.5. The third-order valence-corrected chi connectivity index (χ3v) is 7.81. The van der Waals surface area contributed by atoms with Crippen molar-refractivity contribution in [3.8, 4) is 0 Å². The van der Waals surface area contributed by atoms with Crippen LogP contribution in [0.2, 0.25) is 15.1 Å². The third-order valence-electron chi connectivity index (χ3n) is 5.89. The van der Waals surface area contributed by atoms with Crippen LogP contribution in [0.4, 0.5) is 5.69 Å². The highest BCUT2D eigenvalue weighted by atomic mass is 35.5. The van der Waals surface area contributed by atoms with Gasteiger partial charge in [0.25, 0.3) is 0 Å². The lowest BCUT2D eigenvalue weighted by atomic mass is 10.0. The van der Waals surface area contributed by atoms with Crippen LogP contribution < -0.4 is 9.62 Å². The van der Waals surface area contributed by atoms with E-state index in [1.807, 2.05) is 51.1 Å². The van der Waals surface area contributed by atoms with E-state index >= 15 is 0 Å². The van der Waals surface area contributed by atoms with Crippen molar-refractivity contribution in [3.63, 3.8) is 0 Å². The van der Waals surface area contributed by atoms with Gasteiger partial charge in [0.05, 0.1) is 17.0 Å². The number of sulfonamides is 1. The summed E-state index contributed by atoms with van der Waals surface area (Å²) in [6, 6.07) is 19.6. The van der Waals surface area contributed by atoms with E-state index in [9.17, 15) is 18.0 Å². The number of nitrogens with zero attached hydrogens (tertiary/aromatic N) is 2. The predicted molar refractivity (Wildman–Crippen MR) is 162 cm³/mol. The van der Waals surface area contributed by atoms with Crippen LogP contribution in [0.1, 0.15) is 31.9 Å². The quantitative estimate of drug-likeness (QED) is 0.301. The van der Waals surface area contributed by atoms with Crippen LogP contribution in [0.15, 0.2) is 72.8 Å². The first kappa shape index (κ1) is 31.7. The average Bonchev–Trinajstić information content (AvgIpc) is 2.85. The summed E-state index contributed by atoms with van der Waals surface area (Å²) in [5.41, 5.74) is 1.09. The molecule has 11 heteroatoms. The number of benzene rings is 3. The summed E-state index contributed by atoms with van der Waals surface area (Å²) in [5, 5.41) is 3.89. The van der Waals surface area contributed by atoms with E-state index in [0.29, 0.717) is 10.0 Å². The first-order valence-electron chi connectivity index (χ1n) is 12.5. The lowest BCUT2D eigenvalue weighted by Crippen LogP contribution is -2.56. The molecule has 2 amide bonds. The van der Waals surface area contributed by atoms with Crippen LogP contribution in [-0.4, -0.2) is 49.5 Å². The zero-order valence-electron chi connectivity index (χ0n) is 22.7. The molecule has 0 aliphatic rings. The minimum absolute atomic E-state index is 0.0387. The van der Waals surface area contributed by atoms with Crippen LogP contribution >= 0.6 is 34.8 Å². The van der Waals surface area contributed by atoms with Gasteiger partial charge in [0.15, 0.2) is 0 Å². The number of rotatable bonds is 10. The summed E-state index contributed by atoms with van der Waals surface area (Å²) in [4.78, 5) is 29.2. The molecule has 0 bridgehead atoms. The minimum Gasteiger partial charge on any atom is -0.350 e. The molecule has 0 saturated carbocycles. The van der Waals surface area contributed by atoms with Gasteiger partial charge in [-0.2, -0.15) is 0 Å². The van der Waals surface area contributed by atoms with E-state index in [2.05, 4.69) is 5.32 Å². The summed E-state index contributed by atoms with van der Waals surface area (Å²) in [5.74, 6) is -0.953. The number of anilines is 1. The Kier molecular flexibility index (Phi) is 10.5. The summed E-state index contributed by atoms with van der Waals surface area (Å²) in [6.07, 6.45) is 1.20. The lowest BCUT2D eigenvalue weighted by Gasteiger charge is -2.35. The number of hydrogen-bond acceptors (Lipinski definition) is 4. The molecule has 1 atom stereocenters. The van der Waals surface area contributed by atoms with Gasteiger partial charge in [0, 0.05) is 28.5 Å². The van der Waals surface area contributed by atoms with Crippen molar-refractivity contribution in [1.29, 1.82) is 0 Å². The molecular formula is C29H32Cl3N3O4S. The fourth-order valence-corrected chi connectivity index (χ4v) is 5.62. The maximum Gasteiger partial charge on any atom is 0.244 e. The molecule has 0 unspecified atom stereocenters. The number of nitrogens with one attached hydrogen (secondary N) is 1. The van der Waals surface area contributed by atoms with Gasteiger partial charge >= 0.3 is 0 Å². The first-order valence-corrected chi connectivity index (χ1v) is 15.4. The Hall–Kier alpha value is -2.78. The Labute approximate surface area is 251 Å². The fraction of sp³-hybridized carbons (Fsp3) is 0.310. The largest absolute Gasteiger partial charge is 0.350 e. The van der Waals surface area contributed by atoms with Gasteiger partial charge in [0.1, 0.15) is 12.6 Å². The molecule has 0 spiro atoms. The van der Waals surface area contributed by atoms with Crippen LogP contribution in [0, 0.1) is 0 Å². The molecule has 1 N–H and O–H groups in total. The van der Waals surface area contributed by atoms with Gasteiger partial charge in [-0.15, -0.1) is 0 Å². The van der Waals surface area contributed by atoms with Crippen molar-refractivity contribution in [1.82, 2.24) is 10.2 Å². The highest BCUT2D eigenvalue weighted by molar-refractivity contribution is 7.92. The SMILES string of the molecule is CC(C)(C)NC(=O)[C@H](Cc1ccccc1)N(Cc1ccc(Cl)cc1)C(=O)CN(c1ccc(Cl)cc1Cl)S(C)(=O)=O. The minimum atomic E-state index is -3.95. The molecular weight excluding hydrogens is 593 g/mol. The molecule has 0 saturated heterocycles. The maximum absolute atomic E-state index is 14.1. The Morgan fingerprint density at radius 3 is 2.02 bits per heavy atom. The zero-order valence-corrected chi connectivity index (χ0v) is 25.8. The second kappa shape index (κ2) is 13.3. The average molecular weight is 625 g/mol. The molecule has 0 radical (unpaired) electrons. The van der Waals surface area contributed by atoms with E-state index in [1.165, 1.54) is 23.1 Å². The monoisotopic (exact) mass is 623 g/mol. The summed E-state index contributed by atoms with van der Waals surface area (Å²) < 4.78 is 26.7. The predicted octanol–water partition coefficient (Wildman–Crippen LogP) is 5.97. The Bertz CT molecular complexity index is 1440. The second-order valence-corrected chi connectivity index (χ2v) is 13.6. The Morgan fingerprint density at radius 2 is 1.48 bits per heavy atom. The van der Waals surface area contributed by atoms with E-state index in [4.69, 9.17) is 34.8 Å². The van der Waals surface area contributed by atoms with Crippen molar-refractivity contribution in [2.45, 2.75) is 45.3 Å². The smallest absolute Gasteiger partial charge is 0.244 e. The van der Waals surface area contributed by atoms with Gasteiger partial charge in [-0.3, -0.25) is 13.9 Å². The van der Waals surface area contributed by atoms with Gasteiger partial charge in [0.2, 0.25) is 21.8 Å². The summed E-state index contributed by atoms with van der Waals surface area (Å²) >= 11 is 18.4. The van der Waals surface area contributed by atoms with E-state index in [0.717, 1.165) is 21.7 Å². The molecule has 3 aromatic rings. The van der Waals surface area contributed by atoms with Crippen LogP contribution in [0.5, 0.6) is 0 Å². The van der Waals surface area contributed by atoms with Gasteiger partial charge < -0.3 is 10.2 Å². The number of amides is 2. The van der Waals surface area contributed by atoms with Crippen molar-refractivity contribution >= 4 is 62.3 Å². The van der Waals surface area contributed by atoms with Gasteiger partial charge in [-0.1, -0.05) is 77.3 Å². The lowest BCUT2D eigenvalue weighted by molar-refractivity contribution is -0.140. The molecule has 0 fully saturated rings. The highest BCUT2D eigenvalue weighted by Gasteiger charge is 2.34. The standard InChI is InChI=1S/C29H32Cl3N3O4S/c1-29(2,3)33-28(37)26(16-20-8-6-5-7-9-20)34(18-21-10-12-22(30)13-11-21)27(36)19-35(40(4,38)39)25-15-14-23(31)17-24(25)32/h5-15,17,26H,16,18-19H2,1-4H3,(H,33,37)/t26-/m0/s1. The number of halogens is 3. The van der Waals surface area contributed by atoms with Crippen molar-refractivity contribution < 1.29 is 18.0 Å². The fourth-order valence-electron chi connectivity index (χ4n) is 4.07. The Balaban J connectivity index is 2.09. The molecule has 214 valence electrons. The highest BCUT2D eigenvalue weighted by Crippen LogP contribution is 2.31. The topological polar surface area (TPSA) is 86.8 Å². The molecule has 0 aliphatic carbocycles. The zero-order chi connectivity index (χ0) is 29.7. The molecule has 0 aliphatic heterocycles. The van der Waals surface area contributed by atoms with Crippen molar-refractivity contribution in [2.24, 2.45) is 0 Å². The van der Waals surface area contributed by atoms with Gasteiger partial charge in [-0.05, 0) is 62.2 Å².